The van der Waals surface area contributed by atoms with Crippen LogP contribution in [0.25, 0.3) is 0 Å². The van der Waals surface area contributed by atoms with Gasteiger partial charge in [-0.1, -0.05) is 32.1 Å². The van der Waals surface area contributed by atoms with Crippen molar-refractivity contribution in [2.75, 3.05) is 18.5 Å². The highest BCUT2D eigenvalue weighted by atomic mass is 16.5. The fraction of sp³-hybridized carbons (Fsp3) is 0.562. The van der Waals surface area contributed by atoms with E-state index in [2.05, 4.69) is 5.32 Å². The first-order chi connectivity index (χ1) is 9.74. The second kappa shape index (κ2) is 7.78. The molecule has 1 aliphatic rings. The molecule has 0 unspecified atom stereocenters. The van der Waals surface area contributed by atoms with Crippen molar-refractivity contribution in [1.29, 1.82) is 0 Å². The highest BCUT2D eigenvalue weighted by molar-refractivity contribution is 5.75. The van der Waals surface area contributed by atoms with E-state index in [0.29, 0.717) is 5.75 Å². The normalized spacial score (nSPS) is 15.8. The van der Waals surface area contributed by atoms with Crippen LogP contribution >= 0.6 is 0 Å². The highest BCUT2D eigenvalue weighted by Crippen LogP contribution is 2.26. The molecule has 3 N–H and O–H groups in total. The van der Waals surface area contributed by atoms with Crippen LogP contribution in [0.1, 0.15) is 38.5 Å². The number of hydrogen-bond donors (Lipinski definition) is 2. The summed E-state index contributed by atoms with van der Waals surface area (Å²) >= 11 is 0. The molecule has 0 heterocycles. The number of ether oxygens (including phenoxy) is 1. The fourth-order valence-corrected chi connectivity index (χ4v) is 2.72. The van der Waals surface area contributed by atoms with Gasteiger partial charge in [-0.3, -0.25) is 4.79 Å². The number of anilines is 1. The van der Waals surface area contributed by atoms with Gasteiger partial charge in [-0.15, -0.1) is 0 Å². The maximum Gasteiger partial charge on any atom is 0.255 e. The minimum Gasteiger partial charge on any atom is -0.484 e. The molecule has 0 spiro atoms. The second-order valence-corrected chi connectivity index (χ2v) is 5.50. The van der Waals surface area contributed by atoms with Gasteiger partial charge in [0.25, 0.3) is 5.91 Å². The number of carbonyl (C=O) groups is 1. The maximum atomic E-state index is 10.6. The first kappa shape index (κ1) is 14.7. The number of nitrogens with two attached hydrogens (primary N) is 1. The Morgan fingerprint density at radius 1 is 1.20 bits per heavy atom. The molecule has 1 aromatic carbocycles. The number of amides is 1. The third-order valence-electron chi connectivity index (χ3n) is 3.84. The molecule has 1 aromatic rings. The van der Waals surface area contributed by atoms with Gasteiger partial charge in [0.1, 0.15) is 5.75 Å². The summed E-state index contributed by atoms with van der Waals surface area (Å²) in [6, 6.07) is 7.64. The second-order valence-electron chi connectivity index (χ2n) is 5.50. The molecule has 1 aliphatic carbocycles. The third-order valence-corrected chi connectivity index (χ3v) is 3.84. The summed E-state index contributed by atoms with van der Waals surface area (Å²) in [5.74, 6) is 1.11. The zero-order valence-corrected chi connectivity index (χ0v) is 11.9. The standard InChI is InChI=1S/C16H24N2O2/c17-16(19)12-20-15-8-6-14(7-9-15)18-11-10-13-4-2-1-3-5-13/h6-9,13,18H,1-5,10-12H2,(H2,17,19). The Kier molecular flexibility index (Phi) is 5.71. The number of carbonyl (C=O) groups excluding carboxylic acids is 1. The SMILES string of the molecule is NC(=O)COc1ccc(NCCC2CCCCC2)cc1. The summed E-state index contributed by atoms with van der Waals surface area (Å²) < 4.78 is 5.22. The lowest BCUT2D eigenvalue weighted by Crippen LogP contribution is -2.19. The zero-order valence-electron chi connectivity index (χ0n) is 11.9. The molecule has 0 bridgehead atoms. The van der Waals surface area contributed by atoms with E-state index in [0.717, 1.165) is 18.2 Å². The summed E-state index contributed by atoms with van der Waals surface area (Å²) in [6.07, 6.45) is 8.24. The van der Waals surface area contributed by atoms with Crippen LogP contribution < -0.4 is 15.8 Å². The molecule has 4 heteroatoms. The smallest absolute Gasteiger partial charge is 0.255 e. The van der Waals surface area contributed by atoms with Crippen LogP contribution in [0.15, 0.2) is 24.3 Å². The molecule has 0 saturated heterocycles. The van der Waals surface area contributed by atoms with Gasteiger partial charge in [-0.2, -0.15) is 0 Å². The van der Waals surface area contributed by atoms with E-state index in [4.69, 9.17) is 10.5 Å². The van der Waals surface area contributed by atoms with Crippen LogP contribution in [0.4, 0.5) is 5.69 Å². The first-order valence-electron chi connectivity index (χ1n) is 7.49. The number of rotatable bonds is 7. The average molecular weight is 276 g/mol. The van der Waals surface area contributed by atoms with Gasteiger partial charge >= 0.3 is 0 Å². The minimum atomic E-state index is -0.459. The Balaban J connectivity index is 1.69. The van der Waals surface area contributed by atoms with Crippen LogP contribution in [-0.4, -0.2) is 19.1 Å². The molecule has 1 amide bonds. The summed E-state index contributed by atoms with van der Waals surface area (Å²) in [4.78, 5) is 10.6. The van der Waals surface area contributed by atoms with Gasteiger partial charge in [0.2, 0.25) is 0 Å². The summed E-state index contributed by atoms with van der Waals surface area (Å²) in [7, 11) is 0. The van der Waals surface area contributed by atoms with Gasteiger partial charge in [0, 0.05) is 12.2 Å². The quantitative estimate of drug-likeness (QED) is 0.804. The lowest BCUT2D eigenvalue weighted by Gasteiger charge is -2.21. The average Bonchev–Trinajstić information content (AvgIpc) is 2.47. The van der Waals surface area contributed by atoms with Crippen molar-refractivity contribution >= 4 is 11.6 Å². The molecule has 2 rings (SSSR count). The van der Waals surface area contributed by atoms with Crippen LogP contribution in [-0.2, 0) is 4.79 Å². The van der Waals surface area contributed by atoms with Gasteiger partial charge in [-0.25, -0.2) is 0 Å². The molecule has 4 nitrogen and oxygen atoms in total. The first-order valence-corrected chi connectivity index (χ1v) is 7.49. The van der Waals surface area contributed by atoms with E-state index < -0.39 is 5.91 Å². The molecule has 1 fully saturated rings. The van der Waals surface area contributed by atoms with Gasteiger partial charge < -0.3 is 15.8 Å². The van der Waals surface area contributed by atoms with Crippen LogP contribution in [0.2, 0.25) is 0 Å². The molecular weight excluding hydrogens is 252 g/mol. The largest absolute Gasteiger partial charge is 0.484 e. The fourth-order valence-electron chi connectivity index (χ4n) is 2.72. The zero-order chi connectivity index (χ0) is 14.2. The molecule has 0 radical (unpaired) electrons. The maximum absolute atomic E-state index is 10.6. The minimum absolute atomic E-state index is 0.0749. The summed E-state index contributed by atoms with van der Waals surface area (Å²) in [5, 5.41) is 3.44. The van der Waals surface area contributed by atoms with Crippen molar-refractivity contribution in [2.45, 2.75) is 38.5 Å². The molecule has 20 heavy (non-hydrogen) atoms. The number of benzene rings is 1. The van der Waals surface area contributed by atoms with E-state index in [9.17, 15) is 4.79 Å². The molecule has 0 aliphatic heterocycles. The van der Waals surface area contributed by atoms with Gasteiger partial charge in [0.15, 0.2) is 6.61 Å². The van der Waals surface area contributed by atoms with E-state index >= 15 is 0 Å². The number of hydrogen-bond acceptors (Lipinski definition) is 3. The summed E-state index contributed by atoms with van der Waals surface area (Å²) in [5.41, 5.74) is 6.12. The summed E-state index contributed by atoms with van der Waals surface area (Å²) in [6.45, 7) is 0.945. The Morgan fingerprint density at radius 3 is 2.55 bits per heavy atom. The van der Waals surface area contributed by atoms with Gasteiger partial charge in [-0.05, 0) is 36.6 Å². The van der Waals surface area contributed by atoms with Crippen molar-refractivity contribution in [3.05, 3.63) is 24.3 Å². The third kappa shape index (κ3) is 5.11. The van der Waals surface area contributed by atoms with Crippen molar-refractivity contribution in [3.8, 4) is 5.75 Å². The van der Waals surface area contributed by atoms with Crippen LogP contribution in [0.3, 0.4) is 0 Å². The van der Waals surface area contributed by atoms with Crippen molar-refractivity contribution in [1.82, 2.24) is 0 Å². The topological polar surface area (TPSA) is 64.4 Å². The monoisotopic (exact) mass is 276 g/mol. The van der Waals surface area contributed by atoms with E-state index in [1.165, 1.54) is 38.5 Å². The molecule has 0 aromatic heterocycles. The van der Waals surface area contributed by atoms with Crippen molar-refractivity contribution in [3.63, 3.8) is 0 Å². The Bertz CT molecular complexity index is 411. The van der Waals surface area contributed by atoms with Crippen molar-refractivity contribution < 1.29 is 9.53 Å². The molecule has 0 atom stereocenters. The van der Waals surface area contributed by atoms with Crippen LogP contribution in [0.5, 0.6) is 5.75 Å². The highest BCUT2D eigenvalue weighted by Gasteiger charge is 2.12. The Labute approximate surface area is 120 Å². The predicted molar refractivity (Wildman–Crippen MR) is 80.8 cm³/mol. The predicted octanol–water partition coefficient (Wildman–Crippen LogP) is 2.93. The van der Waals surface area contributed by atoms with Crippen molar-refractivity contribution in [2.24, 2.45) is 11.7 Å². The Morgan fingerprint density at radius 2 is 1.90 bits per heavy atom. The van der Waals surface area contributed by atoms with E-state index in [1.807, 2.05) is 24.3 Å². The molecule has 110 valence electrons. The lowest BCUT2D eigenvalue weighted by atomic mass is 9.87. The van der Waals surface area contributed by atoms with Crippen LogP contribution in [0, 0.1) is 5.92 Å². The van der Waals surface area contributed by atoms with E-state index in [-0.39, 0.29) is 6.61 Å². The number of primary amides is 1. The number of nitrogens with one attached hydrogen (secondary N) is 1. The van der Waals surface area contributed by atoms with E-state index in [1.54, 1.807) is 0 Å². The molecule has 1 saturated carbocycles. The Hall–Kier alpha value is -1.71. The lowest BCUT2D eigenvalue weighted by molar-refractivity contribution is -0.119. The molecular formula is C16H24N2O2. The van der Waals surface area contributed by atoms with Gasteiger partial charge in [0.05, 0.1) is 0 Å².